The first-order chi connectivity index (χ1) is 9.85. The van der Waals surface area contributed by atoms with E-state index >= 15 is 0 Å². The van der Waals surface area contributed by atoms with Gasteiger partial charge in [0.1, 0.15) is 0 Å². The predicted octanol–water partition coefficient (Wildman–Crippen LogP) is 4.72. The number of nitrogens with zero attached hydrogens (tertiary/aromatic N) is 1. The van der Waals surface area contributed by atoms with Gasteiger partial charge in [-0.25, -0.2) is 0 Å². The molecular formula is C17H23BrClNO. The van der Waals surface area contributed by atoms with E-state index in [1.54, 1.807) is 0 Å². The minimum Gasteiger partial charge on any atom is -0.297 e. The fourth-order valence-corrected chi connectivity index (χ4v) is 3.96. The van der Waals surface area contributed by atoms with Crippen molar-refractivity contribution in [1.82, 2.24) is 4.90 Å². The van der Waals surface area contributed by atoms with Crippen LogP contribution in [0.4, 0.5) is 0 Å². The third kappa shape index (κ3) is 3.69. The zero-order valence-corrected chi connectivity index (χ0v) is 15.3. The van der Waals surface area contributed by atoms with Crippen molar-refractivity contribution >= 4 is 33.3 Å². The molecule has 0 aliphatic heterocycles. The number of carbonyl (C=O) groups excluding carboxylic acids is 1. The topological polar surface area (TPSA) is 20.3 Å². The van der Waals surface area contributed by atoms with E-state index in [-0.39, 0.29) is 5.54 Å². The Kier molecular flexibility index (Phi) is 5.50. The number of hydrogen-bond donors (Lipinski definition) is 0. The Labute approximate surface area is 141 Å². The molecule has 1 saturated carbocycles. The summed E-state index contributed by atoms with van der Waals surface area (Å²) in [5, 5.41) is 0.663. The molecule has 0 saturated heterocycles. The van der Waals surface area contributed by atoms with Gasteiger partial charge in [0.2, 0.25) is 0 Å². The lowest BCUT2D eigenvalue weighted by molar-refractivity contribution is -0.131. The molecule has 0 radical (unpaired) electrons. The fourth-order valence-electron chi connectivity index (χ4n) is 3.22. The molecule has 0 N–H and O–H groups in total. The maximum absolute atomic E-state index is 13.0. The smallest absolute Gasteiger partial charge is 0.157 e. The molecule has 2 rings (SSSR count). The molecule has 0 unspecified atom stereocenters. The summed E-state index contributed by atoms with van der Waals surface area (Å²) < 4.78 is 0.942. The van der Waals surface area contributed by atoms with E-state index in [0.29, 0.717) is 17.2 Å². The highest BCUT2D eigenvalue weighted by atomic mass is 79.9. The number of hydrogen-bond acceptors (Lipinski definition) is 2. The SMILES string of the molecule is CC1CCC(C(=O)Cc2ccc(Br)cc2Cl)(N(C)C)CC1. The minimum absolute atomic E-state index is 0.295. The molecule has 1 aromatic carbocycles. The molecule has 0 spiro atoms. The molecule has 1 aliphatic rings. The van der Waals surface area contributed by atoms with Crippen LogP contribution in [-0.2, 0) is 11.2 Å². The molecule has 0 heterocycles. The molecule has 21 heavy (non-hydrogen) atoms. The maximum Gasteiger partial charge on any atom is 0.157 e. The third-order valence-corrected chi connectivity index (χ3v) is 5.69. The van der Waals surface area contributed by atoms with Gasteiger partial charge in [-0.05, 0) is 63.4 Å². The highest BCUT2D eigenvalue weighted by molar-refractivity contribution is 9.10. The molecule has 0 aromatic heterocycles. The van der Waals surface area contributed by atoms with Crippen LogP contribution in [0.2, 0.25) is 5.02 Å². The molecule has 0 amide bonds. The largest absolute Gasteiger partial charge is 0.297 e. The normalized spacial score (nSPS) is 26.1. The monoisotopic (exact) mass is 371 g/mol. The van der Waals surface area contributed by atoms with Crippen LogP contribution < -0.4 is 0 Å². The Morgan fingerprint density at radius 2 is 2.00 bits per heavy atom. The number of halogens is 2. The Hall–Kier alpha value is -0.380. The molecule has 116 valence electrons. The van der Waals surface area contributed by atoms with Crippen molar-refractivity contribution in [1.29, 1.82) is 0 Å². The van der Waals surface area contributed by atoms with Crippen LogP contribution in [0.25, 0.3) is 0 Å². The van der Waals surface area contributed by atoms with E-state index in [2.05, 4.69) is 27.8 Å². The van der Waals surface area contributed by atoms with Gasteiger partial charge < -0.3 is 0 Å². The van der Waals surface area contributed by atoms with Gasteiger partial charge in [-0.1, -0.05) is 40.5 Å². The zero-order valence-electron chi connectivity index (χ0n) is 13.0. The number of benzene rings is 1. The second-order valence-electron chi connectivity index (χ2n) is 6.44. The van der Waals surface area contributed by atoms with Gasteiger partial charge in [-0.3, -0.25) is 9.69 Å². The van der Waals surface area contributed by atoms with Gasteiger partial charge in [0.25, 0.3) is 0 Å². The van der Waals surface area contributed by atoms with Crippen LogP contribution in [0.1, 0.15) is 38.2 Å². The Balaban J connectivity index is 2.20. The maximum atomic E-state index is 13.0. The molecular weight excluding hydrogens is 350 g/mol. The summed E-state index contributed by atoms with van der Waals surface area (Å²) in [5.74, 6) is 1.02. The van der Waals surface area contributed by atoms with Gasteiger partial charge in [0.15, 0.2) is 5.78 Å². The quantitative estimate of drug-likeness (QED) is 0.762. The van der Waals surface area contributed by atoms with Crippen molar-refractivity contribution in [2.75, 3.05) is 14.1 Å². The van der Waals surface area contributed by atoms with E-state index < -0.39 is 0 Å². The van der Waals surface area contributed by atoms with Gasteiger partial charge in [0.05, 0.1) is 5.54 Å². The molecule has 1 aliphatic carbocycles. The number of likely N-dealkylation sites (N-methyl/N-ethyl adjacent to an activating group) is 1. The second kappa shape index (κ2) is 6.80. The van der Waals surface area contributed by atoms with E-state index in [1.165, 1.54) is 0 Å². The van der Waals surface area contributed by atoms with Gasteiger partial charge in [0, 0.05) is 15.9 Å². The molecule has 0 atom stereocenters. The standard InChI is InChI=1S/C17H23BrClNO/c1-12-6-8-17(9-7-12,20(2)3)16(21)10-13-4-5-14(18)11-15(13)19/h4-5,11-12H,6-10H2,1-3H3. The van der Waals surface area contributed by atoms with Gasteiger partial charge in [-0.15, -0.1) is 0 Å². The highest BCUT2D eigenvalue weighted by Crippen LogP contribution is 2.37. The third-order valence-electron chi connectivity index (χ3n) is 4.84. The van der Waals surface area contributed by atoms with Crippen LogP contribution in [0.15, 0.2) is 22.7 Å². The highest BCUT2D eigenvalue weighted by Gasteiger charge is 2.42. The first kappa shape index (κ1) is 17.0. The fraction of sp³-hybridized carbons (Fsp3) is 0.588. The minimum atomic E-state index is -0.317. The van der Waals surface area contributed by atoms with Crippen LogP contribution in [0, 0.1) is 5.92 Å². The van der Waals surface area contributed by atoms with Crippen molar-refractivity contribution in [3.63, 3.8) is 0 Å². The zero-order chi connectivity index (χ0) is 15.6. The summed E-state index contributed by atoms with van der Waals surface area (Å²) in [5.41, 5.74) is 0.604. The molecule has 2 nitrogen and oxygen atoms in total. The predicted molar refractivity (Wildman–Crippen MR) is 91.9 cm³/mol. The van der Waals surface area contributed by atoms with E-state index in [4.69, 9.17) is 11.6 Å². The number of carbonyl (C=O) groups is 1. The summed E-state index contributed by atoms with van der Waals surface area (Å²) in [4.78, 5) is 15.1. The average Bonchev–Trinajstić information content (AvgIpc) is 2.42. The van der Waals surface area contributed by atoms with E-state index in [9.17, 15) is 4.79 Å². The second-order valence-corrected chi connectivity index (χ2v) is 7.77. The van der Waals surface area contributed by atoms with Gasteiger partial charge in [-0.2, -0.15) is 0 Å². The van der Waals surface area contributed by atoms with Crippen molar-refractivity contribution in [3.8, 4) is 0 Å². The van der Waals surface area contributed by atoms with Crippen molar-refractivity contribution in [3.05, 3.63) is 33.3 Å². The van der Waals surface area contributed by atoms with Crippen molar-refractivity contribution in [2.45, 2.75) is 44.6 Å². The van der Waals surface area contributed by atoms with Crippen LogP contribution in [-0.4, -0.2) is 30.3 Å². The molecule has 1 fully saturated rings. The Morgan fingerprint density at radius 1 is 1.38 bits per heavy atom. The van der Waals surface area contributed by atoms with Gasteiger partial charge >= 0.3 is 0 Å². The summed E-state index contributed by atoms with van der Waals surface area (Å²) >= 11 is 9.67. The van der Waals surface area contributed by atoms with Crippen LogP contribution in [0.3, 0.4) is 0 Å². The summed E-state index contributed by atoms with van der Waals surface area (Å²) in [6, 6.07) is 5.74. The first-order valence-corrected chi connectivity index (χ1v) is 8.67. The number of Topliss-reactive ketones (excluding diaryl/α,β-unsaturated/α-hetero) is 1. The van der Waals surface area contributed by atoms with E-state index in [0.717, 1.165) is 41.6 Å². The molecule has 0 bridgehead atoms. The van der Waals surface area contributed by atoms with Crippen LogP contribution >= 0.6 is 27.5 Å². The number of rotatable bonds is 4. The van der Waals surface area contributed by atoms with Crippen LogP contribution in [0.5, 0.6) is 0 Å². The average molecular weight is 373 g/mol. The molecule has 4 heteroatoms. The lowest BCUT2D eigenvalue weighted by Gasteiger charge is -2.43. The Morgan fingerprint density at radius 3 is 2.52 bits per heavy atom. The first-order valence-electron chi connectivity index (χ1n) is 7.50. The number of ketones is 1. The lowest BCUT2D eigenvalue weighted by atomic mass is 9.72. The summed E-state index contributed by atoms with van der Waals surface area (Å²) in [6.07, 6.45) is 4.57. The summed E-state index contributed by atoms with van der Waals surface area (Å²) in [7, 11) is 4.05. The summed E-state index contributed by atoms with van der Waals surface area (Å²) in [6.45, 7) is 2.27. The van der Waals surface area contributed by atoms with Crippen molar-refractivity contribution in [2.24, 2.45) is 5.92 Å². The lowest BCUT2D eigenvalue weighted by Crippen LogP contribution is -2.53. The molecule has 1 aromatic rings. The Bertz CT molecular complexity index is 522. The van der Waals surface area contributed by atoms with E-state index in [1.807, 2.05) is 32.3 Å². The van der Waals surface area contributed by atoms with Crippen molar-refractivity contribution < 1.29 is 4.79 Å².